The van der Waals surface area contributed by atoms with Crippen LogP contribution in [0.1, 0.15) is 32.2 Å². The lowest BCUT2D eigenvalue weighted by molar-refractivity contribution is 0.0972. The van der Waals surface area contributed by atoms with Gasteiger partial charge in [-0.3, -0.25) is 9.29 Å². The fraction of sp³-hybridized carbons (Fsp3) is 0.421. The number of methoxy groups -OCH3 is 2. The van der Waals surface area contributed by atoms with Crippen LogP contribution >= 0.6 is 23.5 Å². The van der Waals surface area contributed by atoms with E-state index >= 15 is 0 Å². The van der Waals surface area contributed by atoms with Crippen LogP contribution in [-0.2, 0) is 11.3 Å². The third-order valence-electron chi connectivity index (χ3n) is 4.27. The summed E-state index contributed by atoms with van der Waals surface area (Å²) in [4.78, 5) is 13.0. The van der Waals surface area contributed by atoms with Crippen LogP contribution in [-0.4, -0.2) is 49.2 Å². The Morgan fingerprint density at radius 3 is 2.63 bits per heavy atom. The van der Waals surface area contributed by atoms with Crippen molar-refractivity contribution in [2.24, 2.45) is 0 Å². The van der Waals surface area contributed by atoms with Gasteiger partial charge in [0.25, 0.3) is 0 Å². The van der Waals surface area contributed by atoms with Crippen LogP contribution in [0.15, 0.2) is 30.6 Å². The van der Waals surface area contributed by atoms with Gasteiger partial charge in [-0.25, -0.2) is 15.0 Å². The normalized spacial score (nSPS) is 13.1. The monoisotopic (exact) mass is 449 g/mol. The molecule has 0 saturated heterocycles. The van der Waals surface area contributed by atoms with E-state index in [4.69, 9.17) is 21.1 Å². The van der Waals surface area contributed by atoms with Crippen LogP contribution < -0.4 is 9.46 Å². The standard InChI is InChI=1S/C19H24ClN7O2S/c1-5-9-27-18(14-7-6-8-15(23-14)28-3)24-25-19(27)26-30-12(2)16(29-4)17-21-10-13(20)11-22-17/h6-8,10-12,16H,5,9H2,1-4H3,(H,25,26). The molecule has 0 saturated carbocycles. The second-order valence-electron chi connectivity index (χ2n) is 6.40. The summed E-state index contributed by atoms with van der Waals surface area (Å²) >= 11 is 7.35. The van der Waals surface area contributed by atoms with Crippen molar-refractivity contribution in [3.8, 4) is 17.4 Å². The first kappa shape index (κ1) is 22.3. The lowest BCUT2D eigenvalue weighted by Crippen LogP contribution is -2.19. The highest BCUT2D eigenvalue weighted by atomic mass is 35.5. The number of nitrogens with one attached hydrogen (secondary N) is 1. The quantitative estimate of drug-likeness (QED) is 0.459. The molecular formula is C19H24ClN7O2S. The Morgan fingerprint density at radius 2 is 1.97 bits per heavy atom. The van der Waals surface area contributed by atoms with Crippen molar-refractivity contribution in [2.75, 3.05) is 18.9 Å². The number of hydrogen-bond donors (Lipinski definition) is 1. The summed E-state index contributed by atoms with van der Waals surface area (Å²) in [5.74, 6) is 2.41. The van der Waals surface area contributed by atoms with E-state index < -0.39 is 0 Å². The Morgan fingerprint density at radius 1 is 1.20 bits per heavy atom. The molecular weight excluding hydrogens is 426 g/mol. The van der Waals surface area contributed by atoms with Crippen molar-refractivity contribution in [1.82, 2.24) is 29.7 Å². The number of halogens is 1. The molecule has 0 fully saturated rings. The van der Waals surface area contributed by atoms with E-state index in [-0.39, 0.29) is 11.4 Å². The minimum Gasteiger partial charge on any atom is -0.481 e. The molecule has 0 amide bonds. The summed E-state index contributed by atoms with van der Waals surface area (Å²) in [6.07, 6.45) is 3.73. The Hall–Kier alpha value is -2.43. The number of ether oxygens (including phenoxy) is 2. The number of rotatable bonds is 10. The maximum absolute atomic E-state index is 5.89. The zero-order valence-electron chi connectivity index (χ0n) is 17.2. The van der Waals surface area contributed by atoms with Crippen LogP contribution in [0.25, 0.3) is 11.5 Å². The molecule has 3 heterocycles. The molecule has 1 N–H and O–H groups in total. The summed E-state index contributed by atoms with van der Waals surface area (Å²) in [6, 6.07) is 5.56. The van der Waals surface area contributed by atoms with Crippen molar-refractivity contribution in [3.63, 3.8) is 0 Å². The van der Waals surface area contributed by atoms with E-state index in [1.54, 1.807) is 32.7 Å². The van der Waals surface area contributed by atoms with E-state index in [2.05, 4.69) is 36.8 Å². The van der Waals surface area contributed by atoms with Crippen molar-refractivity contribution in [1.29, 1.82) is 0 Å². The molecule has 3 rings (SSSR count). The lowest BCUT2D eigenvalue weighted by atomic mass is 10.2. The first-order chi connectivity index (χ1) is 14.6. The Bertz CT molecular complexity index is 954. The molecule has 3 aromatic heterocycles. The van der Waals surface area contributed by atoms with Crippen molar-refractivity contribution in [3.05, 3.63) is 41.4 Å². The molecule has 9 nitrogen and oxygen atoms in total. The molecule has 0 bridgehead atoms. The summed E-state index contributed by atoms with van der Waals surface area (Å²) < 4.78 is 16.1. The van der Waals surface area contributed by atoms with Gasteiger partial charge in [0.2, 0.25) is 11.8 Å². The first-order valence-electron chi connectivity index (χ1n) is 9.43. The van der Waals surface area contributed by atoms with Gasteiger partial charge in [0.15, 0.2) is 11.6 Å². The van der Waals surface area contributed by atoms with Crippen molar-refractivity contribution >= 4 is 29.5 Å². The fourth-order valence-corrected chi connectivity index (χ4v) is 3.74. The number of aromatic nitrogens is 6. The van der Waals surface area contributed by atoms with Gasteiger partial charge < -0.3 is 9.47 Å². The average Bonchev–Trinajstić information content (AvgIpc) is 3.17. The predicted octanol–water partition coefficient (Wildman–Crippen LogP) is 4.04. The molecule has 160 valence electrons. The second kappa shape index (κ2) is 10.6. The summed E-state index contributed by atoms with van der Waals surface area (Å²) in [5.41, 5.74) is 0.700. The molecule has 0 spiro atoms. The lowest BCUT2D eigenvalue weighted by Gasteiger charge is -2.21. The zero-order chi connectivity index (χ0) is 21.5. The van der Waals surface area contributed by atoms with Crippen LogP contribution in [0.3, 0.4) is 0 Å². The van der Waals surface area contributed by atoms with Gasteiger partial charge in [0.05, 0.1) is 17.4 Å². The van der Waals surface area contributed by atoms with E-state index in [0.717, 1.165) is 13.0 Å². The Balaban J connectivity index is 1.77. The Labute approximate surface area is 184 Å². The van der Waals surface area contributed by atoms with Crippen molar-refractivity contribution in [2.45, 2.75) is 38.2 Å². The zero-order valence-corrected chi connectivity index (χ0v) is 18.8. The maximum Gasteiger partial charge on any atom is 0.234 e. The number of hydrogen-bond acceptors (Lipinski definition) is 9. The maximum atomic E-state index is 5.89. The van der Waals surface area contributed by atoms with Gasteiger partial charge in [0.1, 0.15) is 11.8 Å². The van der Waals surface area contributed by atoms with Gasteiger partial charge in [-0.15, -0.1) is 10.2 Å². The molecule has 0 radical (unpaired) electrons. The third-order valence-corrected chi connectivity index (χ3v) is 5.39. The molecule has 3 aromatic rings. The fourth-order valence-electron chi connectivity index (χ4n) is 2.84. The van der Waals surface area contributed by atoms with Crippen LogP contribution in [0.5, 0.6) is 5.88 Å². The number of nitrogens with zero attached hydrogens (tertiary/aromatic N) is 6. The number of pyridine rings is 1. The van der Waals surface area contributed by atoms with E-state index in [1.165, 1.54) is 11.9 Å². The summed E-state index contributed by atoms with van der Waals surface area (Å²) in [7, 11) is 3.22. The molecule has 2 unspecified atom stereocenters. The highest BCUT2D eigenvalue weighted by Gasteiger charge is 2.24. The minimum absolute atomic E-state index is 0.0126. The third kappa shape index (κ3) is 5.18. The molecule has 2 atom stereocenters. The van der Waals surface area contributed by atoms with E-state index in [1.807, 2.05) is 23.6 Å². The van der Waals surface area contributed by atoms with Gasteiger partial charge in [-0.2, -0.15) is 0 Å². The highest BCUT2D eigenvalue weighted by molar-refractivity contribution is 8.01. The SMILES string of the molecule is CCCn1c(NSC(C)C(OC)c2ncc(Cl)cn2)nnc1-c1cccc(OC)n1. The number of anilines is 1. The predicted molar refractivity (Wildman–Crippen MR) is 118 cm³/mol. The molecule has 11 heteroatoms. The largest absolute Gasteiger partial charge is 0.481 e. The van der Waals surface area contributed by atoms with Gasteiger partial charge in [0, 0.05) is 32.1 Å². The molecule has 0 aliphatic carbocycles. The first-order valence-corrected chi connectivity index (χ1v) is 10.7. The molecule has 0 aromatic carbocycles. The Kier molecular flexibility index (Phi) is 7.83. The molecule has 0 aliphatic rings. The van der Waals surface area contributed by atoms with E-state index in [0.29, 0.717) is 34.2 Å². The highest BCUT2D eigenvalue weighted by Crippen LogP contribution is 2.29. The minimum atomic E-state index is -0.318. The van der Waals surface area contributed by atoms with Crippen LogP contribution in [0.4, 0.5) is 5.95 Å². The van der Waals surface area contributed by atoms with Crippen LogP contribution in [0.2, 0.25) is 5.02 Å². The van der Waals surface area contributed by atoms with Gasteiger partial charge in [-0.05, 0) is 31.4 Å². The summed E-state index contributed by atoms with van der Waals surface area (Å²) in [5, 5.41) is 9.13. The summed E-state index contributed by atoms with van der Waals surface area (Å²) in [6.45, 7) is 4.86. The topological polar surface area (TPSA) is 99.9 Å². The van der Waals surface area contributed by atoms with Crippen LogP contribution in [0, 0.1) is 0 Å². The molecule has 0 aliphatic heterocycles. The van der Waals surface area contributed by atoms with E-state index in [9.17, 15) is 0 Å². The average molecular weight is 450 g/mol. The molecule has 30 heavy (non-hydrogen) atoms. The van der Waals surface area contributed by atoms with Crippen molar-refractivity contribution < 1.29 is 9.47 Å². The van der Waals surface area contributed by atoms with Gasteiger partial charge >= 0.3 is 0 Å². The smallest absolute Gasteiger partial charge is 0.234 e. The second-order valence-corrected chi connectivity index (χ2v) is 8.02. The van der Waals surface area contributed by atoms with Gasteiger partial charge in [-0.1, -0.05) is 24.6 Å².